The van der Waals surface area contributed by atoms with Crippen LogP contribution in [0.4, 0.5) is 0 Å². The Morgan fingerprint density at radius 2 is 2.20 bits per heavy atom. The molecule has 1 amide bonds. The molecule has 1 N–H and O–H groups in total. The smallest absolute Gasteiger partial charge is 0.334 e. The zero-order valence-electron chi connectivity index (χ0n) is 11.4. The Morgan fingerprint density at radius 1 is 1.50 bits per heavy atom. The van der Waals surface area contributed by atoms with Gasteiger partial charge in [-0.2, -0.15) is 0 Å². The average Bonchev–Trinajstić information content (AvgIpc) is 2.80. The molecule has 20 heavy (non-hydrogen) atoms. The van der Waals surface area contributed by atoms with Crippen LogP contribution in [0.15, 0.2) is 12.3 Å². The maximum absolute atomic E-state index is 12.5. The molecule has 1 aliphatic heterocycles. The van der Waals surface area contributed by atoms with Gasteiger partial charge in [-0.15, -0.1) is 0 Å². The number of morpholine rings is 1. The van der Waals surface area contributed by atoms with E-state index in [9.17, 15) is 9.59 Å². The Bertz CT molecular complexity index is 526. The highest BCUT2D eigenvalue weighted by atomic mass is 35.5. The highest BCUT2D eigenvalue weighted by molar-refractivity contribution is 6.31. The Hall–Kier alpha value is -1.53. The molecule has 0 aromatic carbocycles. The fourth-order valence-electron chi connectivity index (χ4n) is 2.19. The Labute approximate surface area is 121 Å². The van der Waals surface area contributed by atoms with E-state index >= 15 is 0 Å². The van der Waals surface area contributed by atoms with Crippen LogP contribution in [0, 0.1) is 0 Å². The van der Waals surface area contributed by atoms with Crippen LogP contribution < -0.4 is 0 Å². The summed E-state index contributed by atoms with van der Waals surface area (Å²) in [6.45, 7) is 4.55. The number of aliphatic carboxylic acids is 1. The molecule has 1 atom stereocenters. The summed E-state index contributed by atoms with van der Waals surface area (Å²) in [7, 11) is 0. The minimum atomic E-state index is -1.06. The number of hydrogen-bond donors (Lipinski definition) is 1. The summed E-state index contributed by atoms with van der Waals surface area (Å²) in [5.74, 6) is -1.28. The standard InChI is InChI=1S/C13H17ClN2O4/c1-8(2)16-6-9(14)5-10(16)12(17)15-3-4-20-11(7-15)13(18)19/h5-6,8,11H,3-4,7H2,1-2H3,(H,18,19). The molecule has 1 aliphatic rings. The van der Waals surface area contributed by atoms with Crippen LogP contribution in [0.1, 0.15) is 30.4 Å². The number of nitrogens with zero attached hydrogens (tertiary/aromatic N) is 2. The minimum absolute atomic E-state index is 0.0507. The SMILES string of the molecule is CC(C)n1cc(Cl)cc1C(=O)N1CCOC(C(=O)O)C1. The monoisotopic (exact) mass is 300 g/mol. The molecule has 0 radical (unpaired) electrons. The van der Waals surface area contributed by atoms with Crippen LogP contribution in [-0.2, 0) is 9.53 Å². The molecule has 1 unspecified atom stereocenters. The summed E-state index contributed by atoms with van der Waals surface area (Å²) in [6.07, 6.45) is 0.736. The summed E-state index contributed by atoms with van der Waals surface area (Å²) >= 11 is 5.96. The topological polar surface area (TPSA) is 71.8 Å². The van der Waals surface area contributed by atoms with Crippen LogP contribution in [0.5, 0.6) is 0 Å². The summed E-state index contributed by atoms with van der Waals surface area (Å²) in [6, 6.07) is 1.70. The maximum Gasteiger partial charge on any atom is 0.334 e. The fraction of sp³-hybridized carbons (Fsp3) is 0.538. The van der Waals surface area contributed by atoms with Crippen molar-refractivity contribution in [3.63, 3.8) is 0 Å². The second kappa shape index (κ2) is 5.85. The number of carboxylic acids is 1. The lowest BCUT2D eigenvalue weighted by Crippen LogP contribution is -2.48. The van der Waals surface area contributed by atoms with Gasteiger partial charge in [0.25, 0.3) is 5.91 Å². The molecule has 1 saturated heterocycles. The van der Waals surface area contributed by atoms with Crippen molar-refractivity contribution in [3.05, 3.63) is 23.0 Å². The molecular weight excluding hydrogens is 284 g/mol. The third-order valence-corrected chi connectivity index (χ3v) is 3.43. The molecule has 110 valence electrons. The highest BCUT2D eigenvalue weighted by Crippen LogP contribution is 2.21. The predicted octanol–water partition coefficient (Wildman–Crippen LogP) is 1.65. The largest absolute Gasteiger partial charge is 0.479 e. The third kappa shape index (κ3) is 2.96. The van der Waals surface area contributed by atoms with Crippen LogP contribution in [-0.4, -0.2) is 52.3 Å². The van der Waals surface area contributed by atoms with Gasteiger partial charge in [-0.1, -0.05) is 11.6 Å². The Morgan fingerprint density at radius 3 is 2.80 bits per heavy atom. The lowest BCUT2D eigenvalue weighted by molar-refractivity contribution is -0.154. The molecule has 2 rings (SSSR count). The van der Waals surface area contributed by atoms with Gasteiger partial charge in [0.2, 0.25) is 0 Å². The number of hydrogen-bond acceptors (Lipinski definition) is 3. The van der Waals surface area contributed by atoms with Crippen LogP contribution in [0.2, 0.25) is 5.02 Å². The van der Waals surface area contributed by atoms with E-state index in [1.165, 1.54) is 4.90 Å². The first-order valence-corrected chi connectivity index (χ1v) is 6.79. The molecule has 1 fully saturated rings. The van der Waals surface area contributed by atoms with Gasteiger partial charge in [0.1, 0.15) is 5.69 Å². The van der Waals surface area contributed by atoms with Gasteiger partial charge in [0, 0.05) is 18.8 Å². The van der Waals surface area contributed by atoms with Crippen molar-refractivity contribution in [3.8, 4) is 0 Å². The summed E-state index contributed by atoms with van der Waals surface area (Å²) in [5, 5.41) is 9.46. The van der Waals surface area contributed by atoms with Crippen LogP contribution in [0.25, 0.3) is 0 Å². The lowest BCUT2D eigenvalue weighted by Gasteiger charge is -2.31. The van der Waals surface area contributed by atoms with E-state index in [-0.39, 0.29) is 25.1 Å². The van der Waals surface area contributed by atoms with Crippen molar-refractivity contribution in [1.82, 2.24) is 9.47 Å². The molecule has 6 nitrogen and oxygen atoms in total. The first-order valence-electron chi connectivity index (χ1n) is 6.41. The maximum atomic E-state index is 12.5. The molecule has 0 aliphatic carbocycles. The molecule has 0 bridgehead atoms. The Balaban J connectivity index is 2.21. The number of amides is 1. The van der Waals surface area contributed by atoms with E-state index in [2.05, 4.69) is 0 Å². The van der Waals surface area contributed by atoms with Crippen molar-refractivity contribution < 1.29 is 19.4 Å². The molecular formula is C13H17ClN2O4. The molecule has 0 saturated carbocycles. The summed E-state index contributed by atoms with van der Waals surface area (Å²) < 4.78 is 6.90. The van der Waals surface area contributed by atoms with Gasteiger partial charge in [-0.25, -0.2) is 4.79 Å². The Kier molecular flexibility index (Phi) is 4.35. The van der Waals surface area contributed by atoms with Gasteiger partial charge < -0.3 is 19.3 Å². The van der Waals surface area contributed by atoms with E-state index in [1.54, 1.807) is 16.8 Å². The number of ether oxygens (including phenoxy) is 1. The van der Waals surface area contributed by atoms with E-state index in [0.29, 0.717) is 17.3 Å². The number of carboxylic acid groups (broad SMARTS) is 1. The number of halogens is 1. The van der Waals surface area contributed by atoms with Gasteiger partial charge in [0.15, 0.2) is 6.10 Å². The van der Waals surface area contributed by atoms with E-state index < -0.39 is 12.1 Å². The van der Waals surface area contributed by atoms with Crippen LogP contribution in [0.3, 0.4) is 0 Å². The predicted molar refractivity (Wildman–Crippen MR) is 73.1 cm³/mol. The van der Waals surface area contributed by atoms with Crippen molar-refractivity contribution in [2.24, 2.45) is 0 Å². The van der Waals surface area contributed by atoms with E-state index in [1.807, 2.05) is 13.8 Å². The molecule has 1 aromatic rings. The molecule has 7 heteroatoms. The highest BCUT2D eigenvalue weighted by Gasteiger charge is 2.30. The summed E-state index contributed by atoms with van der Waals surface area (Å²) in [5.41, 5.74) is 0.469. The molecule has 2 heterocycles. The number of carbonyl (C=O) groups is 2. The quantitative estimate of drug-likeness (QED) is 0.921. The van der Waals surface area contributed by atoms with E-state index in [4.69, 9.17) is 21.4 Å². The normalized spacial score (nSPS) is 19.4. The number of rotatable bonds is 3. The molecule has 1 aromatic heterocycles. The minimum Gasteiger partial charge on any atom is -0.479 e. The van der Waals surface area contributed by atoms with Crippen molar-refractivity contribution in [2.75, 3.05) is 19.7 Å². The number of carbonyl (C=O) groups excluding carboxylic acids is 1. The van der Waals surface area contributed by atoms with Gasteiger partial charge in [0.05, 0.1) is 18.2 Å². The average molecular weight is 301 g/mol. The first-order chi connectivity index (χ1) is 9.40. The zero-order chi connectivity index (χ0) is 14.9. The van der Waals surface area contributed by atoms with Crippen molar-refractivity contribution in [2.45, 2.75) is 26.0 Å². The number of aromatic nitrogens is 1. The first kappa shape index (κ1) is 14.9. The van der Waals surface area contributed by atoms with Crippen molar-refractivity contribution >= 4 is 23.5 Å². The lowest BCUT2D eigenvalue weighted by atomic mass is 10.2. The second-order valence-corrected chi connectivity index (χ2v) is 5.43. The van der Waals surface area contributed by atoms with E-state index in [0.717, 1.165) is 0 Å². The van der Waals surface area contributed by atoms with Gasteiger partial charge >= 0.3 is 5.97 Å². The molecule has 0 spiro atoms. The van der Waals surface area contributed by atoms with Gasteiger partial charge in [-0.05, 0) is 19.9 Å². The fourth-order valence-corrected chi connectivity index (χ4v) is 2.40. The summed E-state index contributed by atoms with van der Waals surface area (Å²) in [4.78, 5) is 24.9. The zero-order valence-corrected chi connectivity index (χ0v) is 12.1. The van der Waals surface area contributed by atoms with Crippen molar-refractivity contribution in [1.29, 1.82) is 0 Å². The van der Waals surface area contributed by atoms with Crippen LogP contribution >= 0.6 is 11.6 Å². The third-order valence-electron chi connectivity index (χ3n) is 3.22. The van der Waals surface area contributed by atoms with Gasteiger partial charge in [-0.3, -0.25) is 4.79 Å². The second-order valence-electron chi connectivity index (χ2n) is 4.99.